The first kappa shape index (κ1) is 17.5. The van der Waals surface area contributed by atoms with Gasteiger partial charge in [-0.3, -0.25) is 4.79 Å². The van der Waals surface area contributed by atoms with E-state index in [1.807, 2.05) is 66.7 Å². The van der Waals surface area contributed by atoms with E-state index in [4.69, 9.17) is 4.74 Å². The van der Waals surface area contributed by atoms with Gasteiger partial charge in [0.15, 0.2) is 0 Å². The topological polar surface area (TPSA) is 50.4 Å². The van der Waals surface area contributed by atoms with E-state index in [-0.39, 0.29) is 12.5 Å². The molecule has 4 heteroatoms. The van der Waals surface area contributed by atoms with Crippen molar-refractivity contribution in [3.63, 3.8) is 0 Å². The summed E-state index contributed by atoms with van der Waals surface area (Å²) in [6, 6.07) is 25.9. The van der Waals surface area contributed by atoms with Crippen molar-refractivity contribution >= 4 is 11.6 Å². The van der Waals surface area contributed by atoms with E-state index >= 15 is 0 Å². The van der Waals surface area contributed by atoms with Gasteiger partial charge in [-0.15, -0.1) is 0 Å². The van der Waals surface area contributed by atoms with E-state index in [0.717, 1.165) is 22.6 Å². The summed E-state index contributed by atoms with van der Waals surface area (Å²) in [7, 11) is 1.63. The third-order valence-electron chi connectivity index (χ3n) is 4.09. The van der Waals surface area contributed by atoms with Crippen LogP contribution in [-0.2, 0) is 11.3 Å². The van der Waals surface area contributed by atoms with Crippen LogP contribution < -0.4 is 15.4 Å². The maximum Gasteiger partial charge on any atom is 0.239 e. The quantitative estimate of drug-likeness (QED) is 0.677. The van der Waals surface area contributed by atoms with Crippen LogP contribution in [0.5, 0.6) is 5.75 Å². The molecule has 0 unspecified atom stereocenters. The van der Waals surface area contributed by atoms with Gasteiger partial charge in [0.05, 0.1) is 13.7 Å². The molecule has 0 aromatic heterocycles. The normalized spacial score (nSPS) is 10.2. The van der Waals surface area contributed by atoms with Crippen molar-refractivity contribution in [3.8, 4) is 16.9 Å². The fraction of sp³-hybridized carbons (Fsp3) is 0.136. The minimum Gasteiger partial charge on any atom is -0.497 e. The van der Waals surface area contributed by atoms with E-state index in [0.29, 0.717) is 6.54 Å². The molecule has 2 N–H and O–H groups in total. The zero-order chi connectivity index (χ0) is 18.2. The van der Waals surface area contributed by atoms with Crippen LogP contribution in [0.3, 0.4) is 0 Å². The van der Waals surface area contributed by atoms with Gasteiger partial charge in [-0.05, 0) is 41.0 Å². The molecule has 4 nitrogen and oxygen atoms in total. The van der Waals surface area contributed by atoms with Gasteiger partial charge < -0.3 is 15.4 Å². The molecule has 0 aliphatic carbocycles. The Morgan fingerprint density at radius 3 is 2.15 bits per heavy atom. The van der Waals surface area contributed by atoms with Crippen LogP contribution in [0.2, 0.25) is 0 Å². The molecular weight excluding hydrogens is 324 g/mol. The Morgan fingerprint density at radius 2 is 1.50 bits per heavy atom. The fourth-order valence-corrected chi connectivity index (χ4v) is 2.60. The van der Waals surface area contributed by atoms with E-state index < -0.39 is 0 Å². The zero-order valence-corrected chi connectivity index (χ0v) is 14.7. The average molecular weight is 346 g/mol. The first-order valence-corrected chi connectivity index (χ1v) is 8.53. The molecule has 0 bridgehead atoms. The fourth-order valence-electron chi connectivity index (χ4n) is 2.60. The summed E-state index contributed by atoms with van der Waals surface area (Å²) in [5.74, 6) is 0.758. The van der Waals surface area contributed by atoms with Gasteiger partial charge >= 0.3 is 0 Å². The summed E-state index contributed by atoms with van der Waals surface area (Å²) >= 11 is 0. The second-order valence-electron chi connectivity index (χ2n) is 5.92. The van der Waals surface area contributed by atoms with E-state index in [2.05, 4.69) is 22.8 Å². The lowest BCUT2D eigenvalue weighted by molar-refractivity contribution is -0.119. The second kappa shape index (κ2) is 8.72. The number of ether oxygens (including phenoxy) is 1. The number of amides is 1. The van der Waals surface area contributed by atoms with Crippen LogP contribution in [-0.4, -0.2) is 19.6 Å². The van der Waals surface area contributed by atoms with Gasteiger partial charge in [0.2, 0.25) is 5.91 Å². The predicted octanol–water partition coefficient (Wildman–Crippen LogP) is 4.09. The summed E-state index contributed by atoms with van der Waals surface area (Å²) in [6.45, 7) is 0.734. The molecule has 3 aromatic rings. The van der Waals surface area contributed by atoms with Crippen LogP contribution in [0.1, 0.15) is 5.56 Å². The number of benzene rings is 3. The number of methoxy groups -OCH3 is 1. The lowest BCUT2D eigenvalue weighted by Gasteiger charge is -2.09. The lowest BCUT2D eigenvalue weighted by atomic mass is 10.1. The first-order chi connectivity index (χ1) is 12.7. The molecule has 3 aromatic carbocycles. The number of hydrogen-bond donors (Lipinski definition) is 2. The van der Waals surface area contributed by atoms with Crippen molar-refractivity contribution in [2.24, 2.45) is 0 Å². The van der Waals surface area contributed by atoms with Crippen LogP contribution in [0, 0.1) is 0 Å². The van der Waals surface area contributed by atoms with Crippen molar-refractivity contribution in [2.45, 2.75) is 6.54 Å². The summed E-state index contributed by atoms with van der Waals surface area (Å²) in [5, 5.41) is 6.05. The molecule has 0 atom stereocenters. The molecule has 0 aliphatic heterocycles. The van der Waals surface area contributed by atoms with Crippen molar-refractivity contribution in [1.82, 2.24) is 5.32 Å². The predicted molar refractivity (Wildman–Crippen MR) is 105 cm³/mol. The highest BCUT2D eigenvalue weighted by Crippen LogP contribution is 2.20. The van der Waals surface area contributed by atoms with Crippen LogP contribution >= 0.6 is 0 Å². The molecular formula is C22H22N2O2. The number of rotatable bonds is 7. The Balaban J connectivity index is 1.46. The molecule has 1 amide bonds. The smallest absolute Gasteiger partial charge is 0.239 e. The molecule has 0 spiro atoms. The van der Waals surface area contributed by atoms with Crippen molar-refractivity contribution in [2.75, 3.05) is 19.0 Å². The minimum absolute atomic E-state index is 0.0482. The second-order valence-corrected chi connectivity index (χ2v) is 5.92. The Bertz CT molecular complexity index is 828. The number of carbonyl (C=O) groups excluding carboxylic acids is 1. The van der Waals surface area contributed by atoms with Crippen LogP contribution in [0.4, 0.5) is 5.69 Å². The Labute approximate surface area is 153 Å². The standard InChI is InChI=1S/C22H22N2O2/c1-26-21-13-7-17(8-14-21)15-24-22(25)16-23-20-11-9-19(10-12-20)18-5-3-2-4-6-18/h2-14,23H,15-16H2,1H3,(H,24,25). The number of nitrogens with one attached hydrogen (secondary N) is 2. The summed E-state index contributed by atoms with van der Waals surface area (Å²) in [5.41, 5.74) is 4.28. The first-order valence-electron chi connectivity index (χ1n) is 8.53. The van der Waals surface area contributed by atoms with E-state index in [1.165, 1.54) is 5.56 Å². The highest BCUT2D eigenvalue weighted by atomic mass is 16.5. The summed E-state index contributed by atoms with van der Waals surface area (Å²) in [4.78, 5) is 12.0. The molecule has 0 saturated heterocycles. The van der Waals surface area contributed by atoms with Crippen molar-refractivity contribution in [1.29, 1.82) is 0 Å². The molecule has 132 valence electrons. The minimum atomic E-state index is -0.0482. The Hall–Kier alpha value is -3.27. The average Bonchev–Trinajstić information content (AvgIpc) is 2.72. The van der Waals surface area contributed by atoms with E-state index in [1.54, 1.807) is 7.11 Å². The maximum absolute atomic E-state index is 12.0. The van der Waals surface area contributed by atoms with Gasteiger partial charge in [0.1, 0.15) is 5.75 Å². The Kier molecular flexibility index (Phi) is 5.88. The maximum atomic E-state index is 12.0. The molecule has 0 saturated carbocycles. The van der Waals surface area contributed by atoms with Crippen LogP contribution in [0.15, 0.2) is 78.9 Å². The van der Waals surface area contributed by atoms with Gasteiger partial charge in [0, 0.05) is 12.2 Å². The van der Waals surface area contributed by atoms with Gasteiger partial charge in [0.25, 0.3) is 0 Å². The van der Waals surface area contributed by atoms with Crippen molar-refractivity contribution in [3.05, 3.63) is 84.4 Å². The number of carbonyl (C=O) groups is 1. The monoisotopic (exact) mass is 346 g/mol. The highest BCUT2D eigenvalue weighted by molar-refractivity contribution is 5.80. The number of hydrogen-bond acceptors (Lipinski definition) is 3. The van der Waals surface area contributed by atoms with Crippen LogP contribution in [0.25, 0.3) is 11.1 Å². The van der Waals surface area contributed by atoms with Crippen molar-refractivity contribution < 1.29 is 9.53 Å². The highest BCUT2D eigenvalue weighted by Gasteiger charge is 2.03. The summed E-state index contributed by atoms with van der Waals surface area (Å²) < 4.78 is 5.12. The SMILES string of the molecule is COc1ccc(CNC(=O)CNc2ccc(-c3ccccc3)cc2)cc1. The Morgan fingerprint density at radius 1 is 0.846 bits per heavy atom. The number of anilines is 1. The third kappa shape index (κ3) is 4.86. The summed E-state index contributed by atoms with van der Waals surface area (Å²) in [6.07, 6.45) is 0. The molecule has 3 rings (SSSR count). The molecule has 26 heavy (non-hydrogen) atoms. The van der Waals surface area contributed by atoms with Gasteiger partial charge in [-0.1, -0.05) is 54.6 Å². The lowest BCUT2D eigenvalue weighted by Crippen LogP contribution is -2.29. The molecule has 0 radical (unpaired) electrons. The zero-order valence-electron chi connectivity index (χ0n) is 14.7. The molecule has 0 fully saturated rings. The van der Waals surface area contributed by atoms with E-state index in [9.17, 15) is 4.79 Å². The van der Waals surface area contributed by atoms with Gasteiger partial charge in [-0.2, -0.15) is 0 Å². The molecule has 0 aliphatic rings. The largest absolute Gasteiger partial charge is 0.497 e. The third-order valence-corrected chi connectivity index (χ3v) is 4.09. The van der Waals surface area contributed by atoms with Gasteiger partial charge in [-0.25, -0.2) is 0 Å². The molecule has 0 heterocycles.